The van der Waals surface area contributed by atoms with Gasteiger partial charge in [-0.05, 0) is 89.9 Å². The molecule has 0 aromatic rings. The number of unbranched alkanes of at least 4 members (excludes halogenated alkanes) is 20. The smallest absolute Gasteiger partial charge is 0.306 e. The van der Waals surface area contributed by atoms with Crippen LogP contribution in [0.15, 0.2) is 97.2 Å². The van der Waals surface area contributed by atoms with Gasteiger partial charge in [0.1, 0.15) is 13.2 Å². The zero-order valence-corrected chi connectivity index (χ0v) is 42.2. The van der Waals surface area contributed by atoms with Gasteiger partial charge in [0.15, 0.2) is 6.10 Å². The van der Waals surface area contributed by atoms with Gasteiger partial charge in [-0.2, -0.15) is 0 Å². The van der Waals surface area contributed by atoms with Gasteiger partial charge in [0.2, 0.25) is 0 Å². The normalized spacial score (nSPS) is 12.8. The van der Waals surface area contributed by atoms with E-state index < -0.39 is 6.10 Å². The highest BCUT2D eigenvalue weighted by Gasteiger charge is 2.19. The van der Waals surface area contributed by atoms with Gasteiger partial charge in [0.05, 0.1) is 0 Å². The van der Waals surface area contributed by atoms with E-state index in [4.69, 9.17) is 14.2 Å². The first kappa shape index (κ1) is 61.3. The molecule has 0 spiro atoms. The molecular weight excluding hydrogens is 805 g/mol. The first-order valence-electron chi connectivity index (χ1n) is 26.7. The third-order valence-corrected chi connectivity index (χ3v) is 11.1. The monoisotopic (exact) mass is 903 g/mol. The Labute approximate surface area is 400 Å². The Balaban J connectivity index is 4.50. The number of hydrogen-bond acceptors (Lipinski definition) is 6. The average molecular weight is 903 g/mol. The van der Waals surface area contributed by atoms with E-state index in [-0.39, 0.29) is 37.5 Å². The Bertz CT molecular complexity index is 1310. The average Bonchev–Trinajstić information content (AvgIpc) is 3.30. The number of carbonyl (C=O) groups excluding carboxylic acids is 3. The molecule has 6 heteroatoms. The van der Waals surface area contributed by atoms with Crippen molar-refractivity contribution in [1.29, 1.82) is 0 Å². The van der Waals surface area contributed by atoms with E-state index in [2.05, 4.69) is 118 Å². The summed E-state index contributed by atoms with van der Waals surface area (Å²) in [4.78, 5) is 38.0. The maximum atomic E-state index is 12.8. The van der Waals surface area contributed by atoms with E-state index in [1.54, 1.807) is 0 Å². The summed E-state index contributed by atoms with van der Waals surface area (Å²) in [7, 11) is 0. The summed E-state index contributed by atoms with van der Waals surface area (Å²) >= 11 is 0. The van der Waals surface area contributed by atoms with Crippen molar-refractivity contribution in [1.82, 2.24) is 0 Å². The number of allylic oxidation sites excluding steroid dienone is 16. The lowest BCUT2D eigenvalue weighted by Gasteiger charge is -2.18. The quantitative estimate of drug-likeness (QED) is 0.0262. The second-order valence-electron chi connectivity index (χ2n) is 17.4. The molecule has 0 aromatic heterocycles. The molecule has 0 fully saturated rings. The summed E-state index contributed by atoms with van der Waals surface area (Å²) in [6.45, 7) is 6.35. The number of ether oxygens (including phenoxy) is 3. The van der Waals surface area contributed by atoms with Gasteiger partial charge in [-0.15, -0.1) is 0 Å². The first-order chi connectivity index (χ1) is 32.0. The van der Waals surface area contributed by atoms with Gasteiger partial charge >= 0.3 is 17.9 Å². The molecule has 1 unspecified atom stereocenters. The van der Waals surface area contributed by atoms with Crippen molar-refractivity contribution in [2.75, 3.05) is 13.2 Å². The van der Waals surface area contributed by atoms with Crippen molar-refractivity contribution in [2.24, 2.45) is 0 Å². The highest BCUT2D eigenvalue weighted by atomic mass is 16.6. The minimum absolute atomic E-state index is 0.101. The molecule has 0 bridgehead atoms. The highest BCUT2D eigenvalue weighted by Crippen LogP contribution is 2.15. The van der Waals surface area contributed by atoms with Gasteiger partial charge in [0, 0.05) is 19.3 Å². The van der Waals surface area contributed by atoms with Crippen LogP contribution in [0.25, 0.3) is 0 Å². The van der Waals surface area contributed by atoms with Crippen molar-refractivity contribution >= 4 is 17.9 Å². The third kappa shape index (κ3) is 51.2. The first-order valence-corrected chi connectivity index (χ1v) is 26.7. The molecular formula is C59H98O6. The molecule has 0 aliphatic rings. The molecule has 6 nitrogen and oxygen atoms in total. The Hall–Kier alpha value is -3.67. The second-order valence-corrected chi connectivity index (χ2v) is 17.4. The van der Waals surface area contributed by atoms with E-state index in [9.17, 15) is 14.4 Å². The summed E-state index contributed by atoms with van der Waals surface area (Å²) in [5.74, 6) is -0.979. The minimum Gasteiger partial charge on any atom is -0.462 e. The van der Waals surface area contributed by atoms with E-state index in [0.717, 1.165) is 116 Å². The van der Waals surface area contributed by atoms with Gasteiger partial charge in [0.25, 0.3) is 0 Å². The molecule has 65 heavy (non-hydrogen) atoms. The van der Waals surface area contributed by atoms with Crippen LogP contribution < -0.4 is 0 Å². The van der Waals surface area contributed by atoms with Crippen molar-refractivity contribution in [3.05, 3.63) is 97.2 Å². The molecule has 370 valence electrons. The Kier molecular flexibility index (Phi) is 50.0. The Morgan fingerprint density at radius 3 is 1.00 bits per heavy atom. The molecule has 0 saturated carbocycles. The number of hydrogen-bond donors (Lipinski definition) is 0. The maximum Gasteiger partial charge on any atom is 0.306 e. The van der Waals surface area contributed by atoms with Gasteiger partial charge in [-0.25, -0.2) is 0 Å². The van der Waals surface area contributed by atoms with E-state index in [1.165, 1.54) is 77.0 Å². The van der Waals surface area contributed by atoms with E-state index in [0.29, 0.717) is 19.3 Å². The standard InChI is InChI=1S/C59H98O6/c1-4-7-10-13-16-19-22-25-28-29-32-34-37-40-43-46-49-52-58(61)64-55-56(65-59(62)53-50-47-44-41-38-35-31-27-24-21-18-15-12-9-6-3)54-63-57(60)51-48-45-42-39-36-33-30-26-23-20-17-14-11-8-5-2/h7,9-10,12,16,18-19,21,25,27-28,31-32,34,40,43,56H,4-6,8,11,13-15,17,20,22-24,26,29-30,33,35-39,41-42,44-55H2,1-3H3/b10-7-,12-9-,19-16-,21-18-,28-25-,31-27-,34-32-,43-40-. The van der Waals surface area contributed by atoms with Crippen LogP contribution in [0.5, 0.6) is 0 Å². The summed E-state index contributed by atoms with van der Waals surface area (Å²) in [6.07, 6.45) is 69.7. The number of rotatable bonds is 47. The van der Waals surface area contributed by atoms with E-state index in [1.807, 2.05) is 0 Å². The number of esters is 3. The minimum atomic E-state index is -0.808. The fourth-order valence-electron chi connectivity index (χ4n) is 7.14. The molecule has 1 atom stereocenters. The molecule has 0 saturated heterocycles. The molecule has 0 aromatic carbocycles. The second kappa shape index (κ2) is 52.9. The zero-order valence-electron chi connectivity index (χ0n) is 42.2. The van der Waals surface area contributed by atoms with Gasteiger partial charge < -0.3 is 14.2 Å². The van der Waals surface area contributed by atoms with Crippen molar-refractivity contribution in [3.63, 3.8) is 0 Å². The SMILES string of the molecule is CC/C=C\C/C=C\C/C=C\C/C=C\C/C=C\CCCC(=O)OCC(COC(=O)CCCCCCCCCCCCCCCCC)OC(=O)CCCCCCC/C=C\C/C=C\C/C=C\CC. The topological polar surface area (TPSA) is 78.9 Å². The summed E-state index contributed by atoms with van der Waals surface area (Å²) in [5, 5.41) is 0. The molecule has 0 N–H and O–H groups in total. The van der Waals surface area contributed by atoms with E-state index >= 15 is 0 Å². The fraction of sp³-hybridized carbons (Fsp3) is 0.678. The Morgan fingerprint density at radius 2 is 0.615 bits per heavy atom. The molecule has 0 amide bonds. The van der Waals surface area contributed by atoms with Crippen LogP contribution in [-0.2, 0) is 28.6 Å². The van der Waals surface area contributed by atoms with Crippen LogP contribution in [0, 0.1) is 0 Å². The zero-order chi connectivity index (χ0) is 47.2. The van der Waals surface area contributed by atoms with Crippen molar-refractivity contribution in [2.45, 2.75) is 245 Å². The molecule has 0 aliphatic carbocycles. The molecule has 0 rings (SSSR count). The van der Waals surface area contributed by atoms with Crippen LogP contribution >= 0.6 is 0 Å². The van der Waals surface area contributed by atoms with Crippen molar-refractivity contribution < 1.29 is 28.6 Å². The van der Waals surface area contributed by atoms with Crippen molar-refractivity contribution in [3.8, 4) is 0 Å². The summed E-state index contributed by atoms with van der Waals surface area (Å²) in [6, 6.07) is 0. The lowest BCUT2D eigenvalue weighted by atomic mass is 10.0. The summed E-state index contributed by atoms with van der Waals surface area (Å²) in [5.41, 5.74) is 0. The fourth-order valence-corrected chi connectivity index (χ4v) is 7.14. The highest BCUT2D eigenvalue weighted by molar-refractivity contribution is 5.71. The molecule has 0 heterocycles. The van der Waals surface area contributed by atoms with Crippen LogP contribution in [0.2, 0.25) is 0 Å². The van der Waals surface area contributed by atoms with Gasteiger partial charge in [-0.3, -0.25) is 14.4 Å². The summed E-state index contributed by atoms with van der Waals surface area (Å²) < 4.78 is 16.8. The predicted octanol–water partition coefficient (Wildman–Crippen LogP) is 17.8. The predicted molar refractivity (Wildman–Crippen MR) is 279 cm³/mol. The van der Waals surface area contributed by atoms with Crippen LogP contribution in [0.1, 0.15) is 239 Å². The lowest BCUT2D eigenvalue weighted by molar-refractivity contribution is -0.167. The largest absolute Gasteiger partial charge is 0.462 e. The lowest BCUT2D eigenvalue weighted by Crippen LogP contribution is -2.30. The van der Waals surface area contributed by atoms with Crippen LogP contribution in [-0.4, -0.2) is 37.2 Å². The Morgan fingerprint density at radius 1 is 0.323 bits per heavy atom. The van der Waals surface area contributed by atoms with Crippen LogP contribution in [0.3, 0.4) is 0 Å². The van der Waals surface area contributed by atoms with Crippen LogP contribution in [0.4, 0.5) is 0 Å². The number of carbonyl (C=O) groups is 3. The molecule has 0 aliphatic heterocycles. The maximum absolute atomic E-state index is 12.8. The third-order valence-electron chi connectivity index (χ3n) is 11.1. The molecule has 0 radical (unpaired) electrons. The van der Waals surface area contributed by atoms with Gasteiger partial charge in [-0.1, -0.05) is 227 Å².